The second kappa shape index (κ2) is 60.7. The number of Topliss-reactive ketones (excluding diaryl/α,β-unsaturated/α-hetero) is 2. The molecule has 0 N–H and O–H groups in total. The number of allylic oxidation sites excluding steroid dienone is 1. The molecule has 0 fully saturated rings. The molecule has 0 aliphatic rings. The van der Waals surface area contributed by atoms with Crippen LogP contribution in [0.15, 0.2) is 60.3 Å². The van der Waals surface area contributed by atoms with Crippen molar-refractivity contribution in [3.63, 3.8) is 0 Å². The number of hydrogen-bond acceptors (Lipinski definition) is 13. The van der Waals surface area contributed by atoms with E-state index in [1.807, 2.05) is 99.3 Å². The van der Waals surface area contributed by atoms with Crippen LogP contribution in [-0.2, 0) is 52.5 Å². The van der Waals surface area contributed by atoms with Crippen LogP contribution in [0.5, 0.6) is 0 Å². The summed E-state index contributed by atoms with van der Waals surface area (Å²) >= 11 is 0. The maximum absolute atomic E-state index is 12.5. The number of methoxy groups -OCH3 is 1. The van der Waals surface area contributed by atoms with Crippen LogP contribution in [0.2, 0.25) is 0 Å². The van der Waals surface area contributed by atoms with Crippen molar-refractivity contribution in [1.82, 2.24) is 9.80 Å². The number of carbonyl (C=O) groups excluding carboxylic acids is 7. The van der Waals surface area contributed by atoms with Gasteiger partial charge in [-0.1, -0.05) is 215 Å². The Labute approximate surface area is 523 Å². The van der Waals surface area contributed by atoms with Crippen molar-refractivity contribution in [2.24, 2.45) is 41.4 Å². The number of aldehydes is 2. The highest BCUT2D eigenvalue weighted by Gasteiger charge is 2.30. The molecule has 0 aliphatic heterocycles. The van der Waals surface area contributed by atoms with E-state index < -0.39 is 18.2 Å². The van der Waals surface area contributed by atoms with E-state index in [0.29, 0.717) is 55.3 Å². The Morgan fingerprint density at radius 2 is 0.918 bits per heavy atom. The zero-order valence-corrected chi connectivity index (χ0v) is 60.2. The van der Waals surface area contributed by atoms with E-state index in [9.17, 15) is 33.6 Å². The van der Waals surface area contributed by atoms with Crippen LogP contribution in [0.3, 0.4) is 0 Å². The normalized spacial score (nSPS) is 12.8. The van der Waals surface area contributed by atoms with E-state index in [0.717, 1.165) is 50.5 Å². The molecule has 0 bridgehead atoms. The summed E-state index contributed by atoms with van der Waals surface area (Å²) in [5, 5.41) is 0. The Hall–Kier alpha value is -5.01. The number of ether oxygens (including phenoxy) is 4. The van der Waals surface area contributed by atoms with Crippen LogP contribution >= 0.6 is 0 Å². The highest BCUT2D eigenvalue weighted by atomic mass is 16.6. The minimum Gasteiger partial charge on any atom is -0.458 e. The highest BCUT2D eigenvalue weighted by Crippen LogP contribution is 2.24. The Bertz CT molecular complexity index is 1870. The standard InChI is InChI=1S/C17H31NO4.C14H27NO3.C12H22O3.2C8H10.C7H14O.3C2H6/c1-8-9-15(11-21-7)18(6)16(10-12(2)3)17(20)22-14(5)13(4)19;1-7-8-13(16)11(4)18-14(17)12(15(5)6)9-10(2)3;1-5-10(4)11(8-9(2)3)12(14)15-7-6-13;2*1-7-3-5-8(2)6-4-7;1-6(2)4-7(3)5-8;3*1-2/h9,12,14,16H,8,10-11H2,1-7H3;10-12H,7-9H2,1-6H3;6,9-11H,5,7-8H2,1-4H3;2*3-6H,1-2H3;5-7H,4H2,1-3H3;3*1-2H3/b15-9-;;;;;;;;. The molecule has 7 unspecified atom stereocenters. The largest absolute Gasteiger partial charge is 0.458 e. The zero-order valence-electron chi connectivity index (χ0n) is 60.2. The number of ketones is 2. The van der Waals surface area contributed by atoms with Gasteiger partial charge in [-0.15, -0.1) is 0 Å². The van der Waals surface area contributed by atoms with Gasteiger partial charge in [-0.3, -0.25) is 28.9 Å². The van der Waals surface area contributed by atoms with E-state index in [1.54, 1.807) is 21.0 Å². The van der Waals surface area contributed by atoms with Gasteiger partial charge in [0, 0.05) is 32.2 Å². The van der Waals surface area contributed by atoms with Crippen molar-refractivity contribution in [3.8, 4) is 0 Å². The van der Waals surface area contributed by atoms with Crippen molar-refractivity contribution < 1.29 is 52.5 Å². The fraction of sp³-hybridized carbons (Fsp3) is 0.708. The third kappa shape index (κ3) is 55.3. The molecule has 2 aromatic carbocycles. The predicted molar refractivity (Wildman–Crippen MR) is 360 cm³/mol. The molecule has 7 atom stereocenters. The van der Waals surface area contributed by atoms with Crippen molar-refractivity contribution in [3.05, 3.63) is 82.6 Å². The Morgan fingerprint density at radius 1 is 0.541 bits per heavy atom. The van der Waals surface area contributed by atoms with E-state index in [2.05, 4.69) is 145 Å². The van der Waals surface area contributed by atoms with E-state index in [1.165, 1.54) is 29.2 Å². The average Bonchev–Trinajstić information content (AvgIpc) is 3.61. The highest BCUT2D eigenvalue weighted by molar-refractivity contribution is 5.86. The number of carbonyl (C=O) groups is 7. The SMILES string of the molecule is CC.CC.CC.CC(C)CC(C)C=O.CC/C=C(/COC)N(C)C(CC(C)C)C(=O)OC(C)C(C)=O.CCC(C)C(CC(C)C)C(=O)OCC=O.CCCC(=O)C(C)OC(=O)C(CC(C)C)N(C)C.Cc1ccc(C)cc1.Cc1ccc(C)cc1. The third-order valence-electron chi connectivity index (χ3n) is 12.5. The quantitative estimate of drug-likeness (QED) is 0.0450. The summed E-state index contributed by atoms with van der Waals surface area (Å²) in [6.45, 7) is 52.1. The summed E-state index contributed by atoms with van der Waals surface area (Å²) in [6, 6.07) is 16.3. The van der Waals surface area contributed by atoms with Gasteiger partial charge in [-0.25, -0.2) is 4.79 Å². The van der Waals surface area contributed by atoms with Gasteiger partial charge in [-0.2, -0.15) is 0 Å². The van der Waals surface area contributed by atoms with E-state index >= 15 is 0 Å². The Morgan fingerprint density at radius 3 is 1.21 bits per heavy atom. The molecular formula is C72H132N2O11. The number of aryl methyl sites for hydroxylation is 4. The van der Waals surface area contributed by atoms with Crippen LogP contribution in [0.25, 0.3) is 0 Å². The van der Waals surface area contributed by atoms with Gasteiger partial charge in [-0.05, 0) is 131 Å². The molecule has 13 heteroatoms. The number of rotatable bonds is 28. The Balaban J connectivity index is -0.000000175. The van der Waals surface area contributed by atoms with Crippen molar-refractivity contribution in [1.29, 1.82) is 0 Å². The first-order chi connectivity index (χ1) is 39.8. The lowest BCUT2D eigenvalue weighted by atomic mass is 9.85. The van der Waals surface area contributed by atoms with Crippen LogP contribution in [0.1, 0.15) is 226 Å². The van der Waals surface area contributed by atoms with Crippen LogP contribution in [0, 0.1) is 69.1 Å². The van der Waals surface area contributed by atoms with Gasteiger partial charge in [0.05, 0.1) is 12.5 Å². The maximum Gasteiger partial charge on any atom is 0.329 e. The summed E-state index contributed by atoms with van der Waals surface area (Å²) in [5.41, 5.74) is 6.26. The number of hydrogen-bond donors (Lipinski definition) is 0. The lowest BCUT2D eigenvalue weighted by Crippen LogP contribution is -2.42. The second-order valence-corrected chi connectivity index (χ2v) is 22.9. The summed E-state index contributed by atoms with van der Waals surface area (Å²) in [5.74, 6) is 1.28. The summed E-state index contributed by atoms with van der Waals surface area (Å²) in [6.07, 6.45) is 8.61. The fourth-order valence-electron chi connectivity index (χ4n) is 7.47. The van der Waals surface area contributed by atoms with Crippen molar-refractivity contribution in [2.75, 3.05) is 41.5 Å². The second-order valence-electron chi connectivity index (χ2n) is 22.9. The maximum atomic E-state index is 12.5. The molecule has 2 rings (SSSR count). The minimum absolute atomic E-state index is 0.00657. The molecule has 0 heterocycles. The molecule has 0 spiro atoms. The van der Waals surface area contributed by atoms with Gasteiger partial charge in [0.25, 0.3) is 0 Å². The van der Waals surface area contributed by atoms with Gasteiger partial charge in [0.2, 0.25) is 0 Å². The molecule has 13 nitrogen and oxygen atoms in total. The molecule has 0 saturated heterocycles. The molecule has 0 amide bonds. The smallest absolute Gasteiger partial charge is 0.329 e. The van der Waals surface area contributed by atoms with E-state index in [-0.39, 0.29) is 54.0 Å². The monoisotopic (exact) mass is 1200 g/mol. The first-order valence-electron chi connectivity index (χ1n) is 31.9. The van der Waals surface area contributed by atoms with Crippen molar-refractivity contribution in [2.45, 2.75) is 256 Å². The first-order valence-corrected chi connectivity index (χ1v) is 31.9. The van der Waals surface area contributed by atoms with Gasteiger partial charge in [0.15, 0.2) is 30.1 Å². The van der Waals surface area contributed by atoms with E-state index in [4.69, 9.17) is 18.9 Å². The van der Waals surface area contributed by atoms with Crippen LogP contribution in [-0.4, -0.2) is 118 Å². The zero-order chi connectivity index (χ0) is 68.0. The first kappa shape index (κ1) is 93.7. The lowest BCUT2D eigenvalue weighted by Gasteiger charge is -2.32. The molecular weight excluding hydrogens is 1070 g/mol. The molecule has 0 radical (unpaired) electrons. The molecule has 0 aliphatic carbocycles. The molecule has 2 aromatic rings. The Kier molecular flexibility index (Phi) is 66.9. The van der Waals surface area contributed by atoms with Crippen molar-refractivity contribution >= 4 is 42.0 Å². The summed E-state index contributed by atoms with van der Waals surface area (Å²) < 4.78 is 20.6. The van der Waals surface area contributed by atoms with Crippen LogP contribution < -0.4 is 0 Å². The summed E-state index contributed by atoms with van der Waals surface area (Å²) in [4.78, 5) is 83.0. The van der Waals surface area contributed by atoms with Gasteiger partial charge >= 0.3 is 17.9 Å². The summed E-state index contributed by atoms with van der Waals surface area (Å²) in [7, 11) is 7.21. The topological polar surface area (TPSA) is 163 Å². The predicted octanol–water partition coefficient (Wildman–Crippen LogP) is 17.0. The molecule has 0 saturated carbocycles. The minimum atomic E-state index is -0.711. The number of likely N-dealkylation sites (N-methyl/N-ethyl adjacent to an activating group) is 2. The number of esters is 3. The lowest BCUT2D eigenvalue weighted by molar-refractivity contribution is -0.159. The molecule has 0 aromatic heterocycles. The molecule has 496 valence electrons. The van der Waals surface area contributed by atoms with Gasteiger partial charge in [0.1, 0.15) is 25.0 Å². The average molecular weight is 1200 g/mol. The number of nitrogens with zero attached hydrogens (tertiary/aromatic N) is 2. The van der Waals surface area contributed by atoms with Crippen LogP contribution in [0.4, 0.5) is 0 Å². The third-order valence-corrected chi connectivity index (χ3v) is 12.5. The number of benzene rings is 2. The fourth-order valence-corrected chi connectivity index (χ4v) is 7.47. The molecule has 85 heavy (non-hydrogen) atoms. The van der Waals surface area contributed by atoms with Gasteiger partial charge < -0.3 is 28.6 Å².